The second kappa shape index (κ2) is 8.95. The number of anilines is 1. The molecule has 1 N–H and O–H groups in total. The summed E-state index contributed by atoms with van der Waals surface area (Å²) in [5, 5.41) is 13.9. The average Bonchev–Trinajstić information content (AvgIpc) is 3.17. The maximum atomic E-state index is 12.0. The number of ether oxygens (including phenoxy) is 1. The molecule has 1 saturated heterocycles. The number of thioether (sulfide) groups is 2. The third-order valence-corrected chi connectivity index (χ3v) is 6.86. The van der Waals surface area contributed by atoms with Gasteiger partial charge in [0.25, 0.3) is 5.69 Å². The third kappa shape index (κ3) is 4.92. The van der Waals surface area contributed by atoms with Crippen molar-refractivity contribution >= 4 is 40.9 Å². The van der Waals surface area contributed by atoms with Gasteiger partial charge >= 0.3 is 5.97 Å². The SMILES string of the molecule is O=C(CCNc1ccccc1[N+](=O)[O-])Oc1ccc(C2SCCS2)cc1. The first-order chi connectivity index (χ1) is 12.6. The standard InChI is InChI=1S/C18H18N2O4S2/c21-17(9-10-19-15-3-1-2-4-16(15)20(22)23)24-14-7-5-13(6-8-14)18-25-11-12-26-18/h1-8,18-19H,9-12H2. The molecule has 0 unspecified atom stereocenters. The Labute approximate surface area is 159 Å². The second-order valence-electron chi connectivity index (χ2n) is 5.57. The van der Waals surface area contributed by atoms with Crippen LogP contribution < -0.4 is 10.1 Å². The summed E-state index contributed by atoms with van der Waals surface area (Å²) in [6.07, 6.45) is 0.113. The predicted octanol–water partition coefficient (Wildman–Crippen LogP) is 4.48. The Balaban J connectivity index is 1.48. The van der Waals surface area contributed by atoms with Gasteiger partial charge in [0.1, 0.15) is 11.4 Å². The summed E-state index contributed by atoms with van der Waals surface area (Å²) in [6.45, 7) is 0.261. The summed E-state index contributed by atoms with van der Waals surface area (Å²) in [4.78, 5) is 22.5. The number of nitrogens with zero attached hydrogens (tertiary/aromatic N) is 1. The number of nitrogens with one attached hydrogen (secondary N) is 1. The number of esters is 1. The normalized spacial score (nSPS) is 14.2. The number of carbonyl (C=O) groups is 1. The highest BCUT2D eigenvalue weighted by atomic mass is 32.2. The average molecular weight is 390 g/mol. The zero-order valence-electron chi connectivity index (χ0n) is 13.9. The molecule has 1 aliphatic heterocycles. The van der Waals surface area contributed by atoms with Gasteiger partial charge in [-0.25, -0.2) is 0 Å². The van der Waals surface area contributed by atoms with Gasteiger partial charge in [-0.05, 0) is 23.8 Å². The van der Waals surface area contributed by atoms with Gasteiger partial charge in [-0.2, -0.15) is 0 Å². The van der Waals surface area contributed by atoms with Crippen LogP contribution in [0.5, 0.6) is 5.75 Å². The van der Waals surface area contributed by atoms with Crippen LogP contribution in [0.3, 0.4) is 0 Å². The highest BCUT2D eigenvalue weighted by molar-refractivity contribution is 8.19. The van der Waals surface area contributed by atoms with Crippen LogP contribution in [0.4, 0.5) is 11.4 Å². The van der Waals surface area contributed by atoms with Crippen LogP contribution in [0.15, 0.2) is 48.5 Å². The molecule has 6 nitrogen and oxygen atoms in total. The van der Waals surface area contributed by atoms with Gasteiger partial charge in [0.15, 0.2) is 0 Å². The van der Waals surface area contributed by atoms with Crippen molar-refractivity contribution in [1.82, 2.24) is 0 Å². The molecule has 0 radical (unpaired) electrons. The third-order valence-electron chi connectivity index (χ3n) is 3.75. The second-order valence-corrected chi connectivity index (χ2v) is 8.29. The Morgan fingerprint density at radius 2 is 1.85 bits per heavy atom. The van der Waals surface area contributed by atoms with Gasteiger partial charge < -0.3 is 10.1 Å². The molecule has 1 heterocycles. The van der Waals surface area contributed by atoms with Crippen LogP contribution in [-0.4, -0.2) is 28.9 Å². The first-order valence-corrected chi connectivity index (χ1v) is 10.2. The molecule has 8 heteroatoms. The molecule has 0 atom stereocenters. The maximum absolute atomic E-state index is 12.0. The van der Waals surface area contributed by atoms with E-state index in [0.29, 0.717) is 16.0 Å². The van der Waals surface area contributed by atoms with Crippen molar-refractivity contribution in [3.8, 4) is 5.75 Å². The van der Waals surface area contributed by atoms with Crippen LogP contribution in [0.1, 0.15) is 16.6 Å². The fraction of sp³-hybridized carbons (Fsp3) is 0.278. The number of nitro groups is 1. The molecular weight excluding hydrogens is 372 g/mol. The van der Waals surface area contributed by atoms with Crippen molar-refractivity contribution in [3.05, 3.63) is 64.2 Å². The van der Waals surface area contributed by atoms with Crippen molar-refractivity contribution in [2.75, 3.05) is 23.4 Å². The minimum Gasteiger partial charge on any atom is -0.426 e. The van der Waals surface area contributed by atoms with Gasteiger partial charge in [-0.3, -0.25) is 14.9 Å². The minimum atomic E-state index is -0.455. The van der Waals surface area contributed by atoms with E-state index >= 15 is 0 Å². The molecule has 1 fully saturated rings. The smallest absolute Gasteiger partial charge is 0.312 e. The first kappa shape index (κ1) is 18.6. The lowest BCUT2D eigenvalue weighted by atomic mass is 10.2. The van der Waals surface area contributed by atoms with E-state index in [4.69, 9.17) is 4.74 Å². The van der Waals surface area contributed by atoms with Crippen molar-refractivity contribution < 1.29 is 14.5 Å². The molecule has 3 rings (SSSR count). The highest BCUT2D eigenvalue weighted by Gasteiger charge is 2.18. The molecule has 0 aromatic heterocycles. The lowest BCUT2D eigenvalue weighted by Crippen LogP contribution is -2.14. The van der Waals surface area contributed by atoms with Crippen LogP contribution in [0.25, 0.3) is 0 Å². The van der Waals surface area contributed by atoms with Crippen LogP contribution >= 0.6 is 23.5 Å². The van der Waals surface area contributed by atoms with Crippen molar-refractivity contribution in [2.24, 2.45) is 0 Å². The maximum Gasteiger partial charge on any atom is 0.312 e. The summed E-state index contributed by atoms with van der Waals surface area (Å²) in [5.41, 5.74) is 1.61. The molecule has 0 saturated carbocycles. The molecule has 0 spiro atoms. The summed E-state index contributed by atoms with van der Waals surface area (Å²) < 4.78 is 5.78. The lowest BCUT2D eigenvalue weighted by molar-refractivity contribution is -0.384. The molecule has 2 aromatic carbocycles. The van der Waals surface area contributed by atoms with E-state index in [-0.39, 0.29) is 24.6 Å². The van der Waals surface area contributed by atoms with Crippen LogP contribution in [-0.2, 0) is 4.79 Å². The van der Waals surface area contributed by atoms with Gasteiger partial charge in [0.2, 0.25) is 0 Å². The first-order valence-electron chi connectivity index (χ1n) is 8.14. The highest BCUT2D eigenvalue weighted by Crippen LogP contribution is 2.45. The number of nitro benzene ring substituents is 1. The number of carbonyl (C=O) groups excluding carboxylic acids is 1. The summed E-state index contributed by atoms with van der Waals surface area (Å²) >= 11 is 3.85. The van der Waals surface area contributed by atoms with Gasteiger partial charge in [-0.1, -0.05) is 24.3 Å². The van der Waals surface area contributed by atoms with Crippen LogP contribution in [0.2, 0.25) is 0 Å². The summed E-state index contributed by atoms with van der Waals surface area (Å²) in [6, 6.07) is 13.9. The van der Waals surface area contributed by atoms with E-state index in [0.717, 1.165) is 0 Å². The molecule has 0 bridgehead atoms. The Morgan fingerprint density at radius 3 is 2.54 bits per heavy atom. The number of hydrogen-bond donors (Lipinski definition) is 1. The molecular formula is C18H18N2O4S2. The van der Waals surface area contributed by atoms with Gasteiger partial charge in [-0.15, -0.1) is 23.5 Å². The minimum absolute atomic E-state index is 0.0147. The lowest BCUT2D eigenvalue weighted by Gasteiger charge is -2.10. The number of rotatable bonds is 7. The number of benzene rings is 2. The zero-order chi connectivity index (χ0) is 18.4. The number of hydrogen-bond acceptors (Lipinski definition) is 7. The topological polar surface area (TPSA) is 81.5 Å². The Hall–Kier alpha value is -2.19. The Bertz CT molecular complexity index is 777. The molecule has 2 aromatic rings. The quantitative estimate of drug-likeness (QED) is 0.323. The van der Waals surface area contributed by atoms with E-state index < -0.39 is 4.92 Å². The van der Waals surface area contributed by atoms with Crippen LogP contribution in [0, 0.1) is 10.1 Å². The fourth-order valence-corrected chi connectivity index (χ4v) is 5.37. The molecule has 0 aliphatic carbocycles. The van der Waals surface area contributed by atoms with Crippen molar-refractivity contribution in [2.45, 2.75) is 11.0 Å². The van der Waals surface area contributed by atoms with Crippen molar-refractivity contribution in [3.63, 3.8) is 0 Å². The molecule has 1 aliphatic rings. The molecule has 0 amide bonds. The van der Waals surface area contributed by atoms with Gasteiger partial charge in [0, 0.05) is 24.1 Å². The Kier molecular flexibility index (Phi) is 6.40. The summed E-state index contributed by atoms with van der Waals surface area (Å²) in [5.74, 6) is 2.46. The van der Waals surface area contributed by atoms with E-state index in [9.17, 15) is 14.9 Å². The predicted molar refractivity (Wildman–Crippen MR) is 106 cm³/mol. The Morgan fingerprint density at radius 1 is 1.15 bits per heavy atom. The molecule has 26 heavy (non-hydrogen) atoms. The van der Waals surface area contributed by atoms with E-state index in [1.165, 1.54) is 23.1 Å². The molecule has 136 valence electrons. The summed E-state index contributed by atoms with van der Waals surface area (Å²) in [7, 11) is 0. The van der Waals surface area contributed by atoms with Gasteiger partial charge in [0.05, 0.1) is 15.9 Å². The largest absolute Gasteiger partial charge is 0.426 e. The number of para-hydroxylation sites is 2. The monoisotopic (exact) mass is 390 g/mol. The van der Waals surface area contributed by atoms with E-state index in [1.807, 2.05) is 47.8 Å². The van der Waals surface area contributed by atoms with E-state index in [2.05, 4.69) is 5.32 Å². The fourth-order valence-electron chi connectivity index (χ4n) is 2.51. The van der Waals surface area contributed by atoms with Crippen molar-refractivity contribution in [1.29, 1.82) is 0 Å². The van der Waals surface area contributed by atoms with E-state index in [1.54, 1.807) is 18.2 Å². The zero-order valence-corrected chi connectivity index (χ0v) is 15.6.